The van der Waals surface area contributed by atoms with Gasteiger partial charge in [0.2, 0.25) is 0 Å². The normalized spacial score (nSPS) is 32.5. The van der Waals surface area contributed by atoms with E-state index in [-0.39, 0.29) is 17.4 Å². The van der Waals surface area contributed by atoms with E-state index in [4.69, 9.17) is 4.74 Å². The van der Waals surface area contributed by atoms with Crippen LogP contribution in [0.25, 0.3) is 0 Å². The van der Waals surface area contributed by atoms with E-state index in [1.807, 2.05) is 0 Å². The first-order valence-corrected chi connectivity index (χ1v) is 13.1. The lowest BCUT2D eigenvalue weighted by molar-refractivity contribution is -0.0932. The number of carbonyl (C=O) groups excluding carboxylic acids is 1. The molecule has 3 heteroatoms. The predicted molar refractivity (Wildman–Crippen MR) is 123 cm³/mol. The predicted octanol–water partition coefficient (Wildman–Crippen LogP) is 8.10. The summed E-state index contributed by atoms with van der Waals surface area (Å²) in [6.45, 7) is 2.31. The van der Waals surface area contributed by atoms with E-state index >= 15 is 0 Å². The summed E-state index contributed by atoms with van der Waals surface area (Å²) in [6, 6.07) is 5.84. The van der Waals surface area contributed by atoms with Gasteiger partial charge in [-0.3, -0.25) is 0 Å². The largest absolute Gasteiger partial charge is 0.455 e. The highest BCUT2D eigenvalue weighted by Crippen LogP contribution is 2.49. The Labute approximate surface area is 188 Å². The molecule has 0 spiro atoms. The summed E-state index contributed by atoms with van der Waals surface area (Å²) < 4.78 is 19.7. The molecule has 1 aromatic rings. The first kappa shape index (κ1) is 22.8. The molecule has 3 saturated carbocycles. The fourth-order valence-electron chi connectivity index (χ4n) is 7.01. The van der Waals surface area contributed by atoms with Crippen LogP contribution in [0.5, 0.6) is 0 Å². The molecule has 1 aromatic carbocycles. The lowest BCUT2D eigenvalue weighted by Gasteiger charge is -2.48. The van der Waals surface area contributed by atoms with Gasteiger partial charge in [-0.05, 0) is 99.3 Å². The average Bonchev–Trinajstić information content (AvgIpc) is 2.81. The molecule has 0 saturated heterocycles. The maximum Gasteiger partial charge on any atom is 0.338 e. The number of rotatable bonds is 6. The highest BCUT2D eigenvalue weighted by molar-refractivity contribution is 5.89. The van der Waals surface area contributed by atoms with Crippen molar-refractivity contribution in [2.75, 3.05) is 0 Å². The van der Waals surface area contributed by atoms with E-state index < -0.39 is 0 Å². The molecule has 2 nitrogen and oxygen atoms in total. The summed E-state index contributed by atoms with van der Waals surface area (Å²) >= 11 is 0. The fourth-order valence-corrected chi connectivity index (χ4v) is 7.01. The number of hydrogen-bond acceptors (Lipinski definition) is 2. The third-order valence-electron chi connectivity index (χ3n) is 8.86. The number of benzene rings is 1. The zero-order valence-corrected chi connectivity index (χ0v) is 19.4. The van der Waals surface area contributed by atoms with E-state index in [2.05, 4.69) is 6.92 Å². The highest BCUT2D eigenvalue weighted by atomic mass is 19.1. The van der Waals surface area contributed by atoms with Crippen molar-refractivity contribution in [3.63, 3.8) is 0 Å². The van der Waals surface area contributed by atoms with Crippen molar-refractivity contribution in [2.24, 2.45) is 23.7 Å². The van der Waals surface area contributed by atoms with Gasteiger partial charge >= 0.3 is 5.97 Å². The molecule has 172 valence electrons. The number of esters is 1. The molecule has 3 aliphatic carbocycles. The van der Waals surface area contributed by atoms with Crippen molar-refractivity contribution < 1.29 is 13.9 Å². The molecule has 0 aromatic heterocycles. The monoisotopic (exact) mass is 428 g/mol. The van der Waals surface area contributed by atoms with Crippen LogP contribution in [0, 0.1) is 29.5 Å². The van der Waals surface area contributed by atoms with Gasteiger partial charge in [0, 0.05) is 0 Å². The third-order valence-corrected chi connectivity index (χ3v) is 8.86. The number of ether oxygens (including phenoxy) is 1. The number of hydrogen-bond donors (Lipinski definition) is 0. The molecule has 3 fully saturated rings. The molecule has 0 atom stereocenters. The van der Waals surface area contributed by atoms with Gasteiger partial charge in [-0.1, -0.05) is 51.9 Å². The summed E-state index contributed by atoms with van der Waals surface area (Å²) in [4.78, 5) is 13.0. The molecule has 31 heavy (non-hydrogen) atoms. The van der Waals surface area contributed by atoms with Gasteiger partial charge in [0.15, 0.2) is 0 Å². The van der Waals surface area contributed by atoms with Crippen LogP contribution >= 0.6 is 0 Å². The Balaban J connectivity index is 1.41. The maximum atomic E-state index is 13.3. The van der Waals surface area contributed by atoms with Gasteiger partial charge in [-0.25, -0.2) is 9.18 Å². The molecule has 0 N–H and O–H groups in total. The maximum absolute atomic E-state index is 13.3. The summed E-state index contributed by atoms with van der Waals surface area (Å²) in [5.74, 6) is 2.57. The second-order valence-corrected chi connectivity index (χ2v) is 10.7. The molecule has 0 radical (unpaired) electrons. The van der Waals surface area contributed by atoms with Gasteiger partial charge in [-0.15, -0.1) is 0 Å². The van der Waals surface area contributed by atoms with Crippen LogP contribution in [0.15, 0.2) is 24.3 Å². The molecule has 3 aliphatic rings. The smallest absolute Gasteiger partial charge is 0.338 e. The first-order valence-electron chi connectivity index (χ1n) is 13.1. The van der Waals surface area contributed by atoms with Crippen molar-refractivity contribution >= 4 is 5.97 Å². The molecule has 0 heterocycles. The van der Waals surface area contributed by atoms with Crippen molar-refractivity contribution in [3.05, 3.63) is 35.6 Å². The third kappa shape index (κ3) is 5.52. The van der Waals surface area contributed by atoms with E-state index in [1.54, 1.807) is 12.1 Å². The van der Waals surface area contributed by atoms with E-state index in [1.165, 1.54) is 95.6 Å². The molecule has 0 aliphatic heterocycles. The van der Waals surface area contributed by atoms with Gasteiger partial charge < -0.3 is 4.74 Å². The molecule has 0 bridgehead atoms. The number of carbonyl (C=O) groups is 1. The van der Waals surface area contributed by atoms with Crippen LogP contribution in [0.1, 0.15) is 114 Å². The van der Waals surface area contributed by atoms with Crippen LogP contribution in [0.2, 0.25) is 0 Å². The molecule has 0 unspecified atom stereocenters. The van der Waals surface area contributed by atoms with Gasteiger partial charge in [0.1, 0.15) is 11.4 Å². The second kappa shape index (κ2) is 10.5. The minimum absolute atomic E-state index is 0.260. The summed E-state index contributed by atoms with van der Waals surface area (Å²) in [6.07, 6.45) is 19.0. The lowest BCUT2D eigenvalue weighted by Crippen LogP contribution is -2.47. The quantitative estimate of drug-likeness (QED) is 0.428. The van der Waals surface area contributed by atoms with Gasteiger partial charge in [-0.2, -0.15) is 0 Å². The molecule has 4 rings (SSSR count). The number of halogens is 1. The second-order valence-electron chi connectivity index (χ2n) is 10.7. The Morgan fingerprint density at radius 2 is 1.52 bits per heavy atom. The standard InChI is InChI=1S/C28H41FO2/c1-2-6-21-9-11-22(12-10-21)23-17-19-28(20-18-23,25-7-4-3-5-8-25)31-27(30)24-13-15-26(29)16-14-24/h13-16,21-23,25H,2-12,17-20H2,1H3. The Morgan fingerprint density at radius 1 is 0.903 bits per heavy atom. The van der Waals surface area contributed by atoms with Gasteiger partial charge in [0.05, 0.1) is 5.56 Å². The minimum Gasteiger partial charge on any atom is -0.455 e. The van der Waals surface area contributed by atoms with Crippen LogP contribution in [-0.2, 0) is 4.74 Å². The summed E-state index contributed by atoms with van der Waals surface area (Å²) in [5.41, 5.74) is 0.176. The van der Waals surface area contributed by atoms with Crippen molar-refractivity contribution in [1.82, 2.24) is 0 Å². The Hall–Kier alpha value is -1.38. The van der Waals surface area contributed by atoms with Crippen LogP contribution in [0.4, 0.5) is 4.39 Å². The van der Waals surface area contributed by atoms with E-state index in [9.17, 15) is 9.18 Å². The topological polar surface area (TPSA) is 26.3 Å². The molecular formula is C28H41FO2. The Morgan fingerprint density at radius 3 is 2.13 bits per heavy atom. The van der Waals surface area contributed by atoms with Crippen LogP contribution in [0.3, 0.4) is 0 Å². The zero-order valence-electron chi connectivity index (χ0n) is 19.4. The zero-order chi connectivity index (χ0) is 21.7. The van der Waals surface area contributed by atoms with E-state index in [0.717, 1.165) is 30.6 Å². The first-order chi connectivity index (χ1) is 15.1. The fraction of sp³-hybridized carbons (Fsp3) is 0.750. The van der Waals surface area contributed by atoms with Crippen molar-refractivity contribution in [3.8, 4) is 0 Å². The van der Waals surface area contributed by atoms with Gasteiger partial charge in [0.25, 0.3) is 0 Å². The minimum atomic E-state index is -0.312. The summed E-state index contributed by atoms with van der Waals surface area (Å²) in [5, 5.41) is 0. The Bertz CT molecular complexity index is 690. The van der Waals surface area contributed by atoms with Crippen LogP contribution in [-0.4, -0.2) is 11.6 Å². The highest BCUT2D eigenvalue weighted by Gasteiger charge is 2.46. The van der Waals surface area contributed by atoms with E-state index in [0.29, 0.717) is 11.5 Å². The Kier molecular flexibility index (Phi) is 7.72. The van der Waals surface area contributed by atoms with Crippen molar-refractivity contribution in [1.29, 1.82) is 0 Å². The molecule has 0 amide bonds. The lowest BCUT2D eigenvalue weighted by atomic mass is 9.63. The SMILES string of the molecule is CCCC1CCC(C2CCC(OC(=O)c3ccc(F)cc3)(C3CCCCC3)CC2)CC1. The molecular weight excluding hydrogens is 387 g/mol. The average molecular weight is 429 g/mol. The van der Waals surface area contributed by atoms with Crippen molar-refractivity contribution in [2.45, 2.75) is 109 Å². The van der Waals surface area contributed by atoms with Crippen LogP contribution < -0.4 is 0 Å². The summed E-state index contributed by atoms with van der Waals surface area (Å²) in [7, 11) is 0.